The molecule has 0 amide bonds. The number of rotatable bonds is 26. The minimum Gasteiger partial charge on any atom is -0.460 e. The fourth-order valence-electron chi connectivity index (χ4n) is 3.78. The van der Waals surface area contributed by atoms with Gasteiger partial charge in [0.05, 0.1) is 13.2 Å². The lowest BCUT2D eigenvalue weighted by Gasteiger charge is -2.19. The molecule has 2 N–H and O–H groups in total. The quantitative estimate of drug-likeness (QED) is 0.0744. The van der Waals surface area contributed by atoms with Gasteiger partial charge in [-0.15, -0.1) is 0 Å². The monoisotopic (exact) mass is 491 g/mol. The Balaban J connectivity index is 3.75. The summed E-state index contributed by atoms with van der Waals surface area (Å²) in [6, 6.07) is 0. The predicted molar refractivity (Wildman–Crippen MR) is 139 cm³/mol. The molecule has 0 rings (SSSR count). The fraction of sp³-hybridized carbons (Fsp3) is 0.962. The molecule has 2 atom stereocenters. The molecule has 0 aliphatic heterocycles. The van der Waals surface area contributed by atoms with E-state index >= 15 is 0 Å². The van der Waals surface area contributed by atoms with Crippen LogP contribution in [0.15, 0.2) is 0 Å². The van der Waals surface area contributed by atoms with Crippen molar-refractivity contribution in [1.82, 2.24) is 5.32 Å². The van der Waals surface area contributed by atoms with Crippen LogP contribution >= 0.6 is 8.60 Å². The van der Waals surface area contributed by atoms with Crippen LogP contribution in [0, 0.1) is 0 Å². The summed E-state index contributed by atoms with van der Waals surface area (Å²) in [6.07, 6.45) is 21.6. The van der Waals surface area contributed by atoms with E-state index in [1.165, 1.54) is 83.5 Å². The average Bonchev–Trinajstić information content (AvgIpc) is 2.80. The summed E-state index contributed by atoms with van der Waals surface area (Å²) in [4.78, 5) is 21.7. The van der Waals surface area contributed by atoms with Crippen LogP contribution in [0.3, 0.4) is 0 Å². The van der Waals surface area contributed by atoms with E-state index in [0.29, 0.717) is 19.6 Å². The Labute approximate surface area is 205 Å². The Hall–Kier alpha value is -0.260. The number of likely N-dealkylation sites (N-methyl/N-ethyl adjacent to an activating group) is 1. The van der Waals surface area contributed by atoms with Gasteiger partial charge < -0.3 is 24.0 Å². The number of nitrogens with one attached hydrogen (secondary N) is 1. The van der Waals surface area contributed by atoms with E-state index in [0.717, 1.165) is 25.7 Å². The van der Waals surface area contributed by atoms with E-state index in [9.17, 15) is 9.69 Å². The molecular weight excluding hydrogens is 437 g/mol. The first-order valence-electron chi connectivity index (χ1n) is 13.7. The third-order valence-corrected chi connectivity index (χ3v) is 6.58. The molecule has 2 unspecified atom stereocenters. The molecule has 0 saturated carbocycles. The van der Waals surface area contributed by atoms with Crippen molar-refractivity contribution in [2.45, 2.75) is 136 Å². The van der Waals surface area contributed by atoms with Crippen LogP contribution in [-0.4, -0.2) is 43.8 Å². The molecule has 6 nitrogen and oxygen atoms in total. The standard InChI is InChI=1S/C26H54NO5P/c1-4-6-7-8-9-10-11-12-13-14-15-16-17-18-19-21-25(32-26(28)20-5-2)24-31-33(29)30-23-22-27-3/h25,27,29H,4-24H2,1-3H3. The zero-order chi connectivity index (χ0) is 24.4. The molecule has 0 fully saturated rings. The van der Waals surface area contributed by atoms with Gasteiger partial charge in [0.25, 0.3) is 0 Å². The summed E-state index contributed by atoms with van der Waals surface area (Å²) in [5.41, 5.74) is 0. The molecule has 7 heteroatoms. The first kappa shape index (κ1) is 32.7. The Bertz CT molecular complexity index is 414. The van der Waals surface area contributed by atoms with Gasteiger partial charge in [-0.3, -0.25) is 4.79 Å². The van der Waals surface area contributed by atoms with Crippen molar-refractivity contribution in [3.05, 3.63) is 0 Å². The molecule has 0 bridgehead atoms. The third kappa shape index (κ3) is 24.7. The molecular formula is C26H54NO5P. The Kier molecular flexibility index (Phi) is 26.1. The van der Waals surface area contributed by atoms with Gasteiger partial charge in [0.2, 0.25) is 0 Å². The molecule has 0 spiro atoms. The van der Waals surface area contributed by atoms with Crippen molar-refractivity contribution in [2.75, 3.05) is 26.8 Å². The third-order valence-electron chi connectivity index (χ3n) is 5.81. The van der Waals surface area contributed by atoms with Crippen LogP contribution in [-0.2, 0) is 18.6 Å². The summed E-state index contributed by atoms with van der Waals surface area (Å²) < 4.78 is 16.2. The Morgan fingerprint density at radius 2 is 1.30 bits per heavy atom. The smallest absolute Gasteiger partial charge is 0.330 e. The molecule has 0 aromatic rings. The van der Waals surface area contributed by atoms with Crippen molar-refractivity contribution in [2.24, 2.45) is 0 Å². The summed E-state index contributed by atoms with van der Waals surface area (Å²) in [6.45, 7) is 5.46. The molecule has 0 radical (unpaired) electrons. The number of hydrogen-bond acceptors (Lipinski definition) is 6. The van der Waals surface area contributed by atoms with Crippen LogP contribution in [0.5, 0.6) is 0 Å². The first-order valence-corrected chi connectivity index (χ1v) is 14.9. The number of unbranched alkanes of at least 4 members (excludes halogenated alkanes) is 14. The van der Waals surface area contributed by atoms with Crippen molar-refractivity contribution >= 4 is 14.6 Å². The highest BCUT2D eigenvalue weighted by atomic mass is 31.2. The highest BCUT2D eigenvalue weighted by Gasteiger charge is 2.17. The maximum Gasteiger partial charge on any atom is 0.330 e. The molecule has 0 aromatic carbocycles. The molecule has 198 valence electrons. The van der Waals surface area contributed by atoms with E-state index in [1.807, 2.05) is 14.0 Å². The molecule has 0 saturated heterocycles. The van der Waals surface area contributed by atoms with Gasteiger partial charge in [-0.2, -0.15) is 0 Å². The largest absolute Gasteiger partial charge is 0.460 e. The summed E-state index contributed by atoms with van der Waals surface area (Å²) in [5.74, 6) is -0.189. The first-order chi connectivity index (χ1) is 16.1. The van der Waals surface area contributed by atoms with Crippen LogP contribution in [0.1, 0.15) is 129 Å². The number of ether oxygens (including phenoxy) is 1. The van der Waals surface area contributed by atoms with Gasteiger partial charge in [-0.25, -0.2) is 0 Å². The van der Waals surface area contributed by atoms with Crippen molar-refractivity contribution in [3.63, 3.8) is 0 Å². The lowest BCUT2D eigenvalue weighted by molar-refractivity contribution is -0.151. The Morgan fingerprint density at radius 3 is 1.79 bits per heavy atom. The number of hydrogen-bond donors (Lipinski definition) is 2. The topological polar surface area (TPSA) is 77.0 Å². The molecule has 33 heavy (non-hydrogen) atoms. The maximum atomic E-state index is 11.9. The van der Waals surface area contributed by atoms with Crippen LogP contribution in [0.2, 0.25) is 0 Å². The van der Waals surface area contributed by atoms with E-state index < -0.39 is 8.60 Å². The number of carbonyl (C=O) groups is 1. The van der Waals surface area contributed by atoms with Crippen molar-refractivity contribution in [3.8, 4) is 0 Å². The normalized spacial score (nSPS) is 13.2. The summed E-state index contributed by atoms with van der Waals surface area (Å²) in [7, 11) is -0.104. The predicted octanol–water partition coefficient (Wildman–Crippen LogP) is 7.43. The van der Waals surface area contributed by atoms with Crippen LogP contribution in [0.25, 0.3) is 0 Å². The number of esters is 1. The molecule has 0 heterocycles. The van der Waals surface area contributed by atoms with Gasteiger partial charge in [-0.05, 0) is 26.3 Å². The SMILES string of the molecule is CCCCCCCCCCCCCCCCCC(COP(O)OCCNC)OC(=O)CCC. The van der Waals surface area contributed by atoms with Gasteiger partial charge in [-0.1, -0.05) is 104 Å². The van der Waals surface area contributed by atoms with Gasteiger partial charge >= 0.3 is 14.6 Å². The van der Waals surface area contributed by atoms with E-state index in [4.69, 9.17) is 13.8 Å². The second-order valence-electron chi connectivity index (χ2n) is 9.07. The lowest BCUT2D eigenvalue weighted by atomic mass is 10.0. The van der Waals surface area contributed by atoms with E-state index in [2.05, 4.69) is 12.2 Å². The Morgan fingerprint density at radius 1 is 0.788 bits per heavy atom. The summed E-state index contributed by atoms with van der Waals surface area (Å²) in [5, 5.41) is 2.95. The van der Waals surface area contributed by atoms with Crippen LogP contribution < -0.4 is 5.32 Å². The molecule has 0 aromatic heterocycles. The van der Waals surface area contributed by atoms with Gasteiger partial charge in [0.15, 0.2) is 0 Å². The second-order valence-corrected chi connectivity index (χ2v) is 10.1. The van der Waals surface area contributed by atoms with E-state index in [-0.39, 0.29) is 18.7 Å². The zero-order valence-electron chi connectivity index (χ0n) is 22.0. The van der Waals surface area contributed by atoms with Crippen molar-refractivity contribution < 1.29 is 23.5 Å². The minimum atomic E-state index is -1.93. The second kappa shape index (κ2) is 26.3. The van der Waals surface area contributed by atoms with Crippen molar-refractivity contribution in [1.29, 1.82) is 0 Å². The number of carbonyl (C=O) groups excluding carboxylic acids is 1. The molecule has 0 aliphatic carbocycles. The van der Waals surface area contributed by atoms with E-state index in [1.54, 1.807) is 0 Å². The highest BCUT2D eigenvalue weighted by molar-refractivity contribution is 7.40. The van der Waals surface area contributed by atoms with Crippen LogP contribution in [0.4, 0.5) is 0 Å². The highest BCUT2D eigenvalue weighted by Crippen LogP contribution is 2.33. The van der Waals surface area contributed by atoms with Gasteiger partial charge in [0.1, 0.15) is 6.10 Å². The fourth-order valence-corrected chi connectivity index (χ4v) is 4.39. The molecule has 0 aliphatic rings. The maximum absolute atomic E-state index is 11.9. The summed E-state index contributed by atoms with van der Waals surface area (Å²) >= 11 is 0. The minimum absolute atomic E-state index is 0.189. The lowest BCUT2D eigenvalue weighted by Crippen LogP contribution is -2.23. The van der Waals surface area contributed by atoms with Gasteiger partial charge in [0, 0.05) is 13.0 Å². The zero-order valence-corrected chi connectivity index (χ0v) is 22.8. The average molecular weight is 492 g/mol.